The summed E-state index contributed by atoms with van der Waals surface area (Å²) in [5.74, 6) is 0.160. The van der Waals surface area contributed by atoms with Crippen molar-refractivity contribution in [2.24, 2.45) is 17.6 Å². The third-order valence-electron chi connectivity index (χ3n) is 3.15. The minimum atomic E-state index is -0.386. The predicted octanol–water partition coefficient (Wildman–Crippen LogP) is 3.85. The van der Waals surface area contributed by atoms with Gasteiger partial charge in [-0.1, -0.05) is 13.8 Å². The fourth-order valence-corrected chi connectivity index (χ4v) is 2.63. The van der Waals surface area contributed by atoms with E-state index in [2.05, 4.69) is 35.1 Å². The fourth-order valence-electron chi connectivity index (χ4n) is 2.17. The van der Waals surface area contributed by atoms with Crippen LogP contribution in [0.5, 0.6) is 0 Å². The Kier molecular flexibility index (Phi) is 6.62. The van der Waals surface area contributed by atoms with E-state index in [4.69, 9.17) is 5.73 Å². The highest BCUT2D eigenvalue weighted by Gasteiger charge is 2.15. The average Bonchev–Trinajstić information content (AvgIpc) is 2.34. The van der Waals surface area contributed by atoms with E-state index in [1.807, 2.05) is 6.92 Å². The van der Waals surface area contributed by atoms with Gasteiger partial charge in [-0.15, -0.1) is 0 Å². The van der Waals surface area contributed by atoms with Gasteiger partial charge in [-0.3, -0.25) is 4.79 Å². The van der Waals surface area contributed by atoms with Crippen LogP contribution < -0.4 is 11.1 Å². The van der Waals surface area contributed by atoms with Crippen LogP contribution in [0.25, 0.3) is 0 Å². The molecule has 0 radical (unpaired) electrons. The van der Waals surface area contributed by atoms with Crippen LogP contribution in [0.2, 0.25) is 0 Å². The molecule has 3 N–H and O–H groups in total. The van der Waals surface area contributed by atoms with Crippen LogP contribution in [0.1, 0.15) is 32.3 Å². The third-order valence-corrected chi connectivity index (χ3v) is 3.76. The van der Waals surface area contributed by atoms with E-state index in [0.29, 0.717) is 29.0 Å². The number of halogens is 2. The van der Waals surface area contributed by atoms with Crippen LogP contribution in [0.15, 0.2) is 16.6 Å². The van der Waals surface area contributed by atoms with Crippen molar-refractivity contribution in [2.45, 2.75) is 33.6 Å². The SMILES string of the molecule is Cc1cc(Br)c(F)cc1NC(=O)C[C@@H](CN)CC(C)C. The number of hydrogen-bond donors (Lipinski definition) is 2. The van der Waals surface area contributed by atoms with Crippen molar-refractivity contribution in [3.63, 3.8) is 0 Å². The van der Waals surface area contributed by atoms with Crippen LogP contribution in [0.4, 0.5) is 10.1 Å². The molecule has 0 spiro atoms. The van der Waals surface area contributed by atoms with Gasteiger partial charge < -0.3 is 11.1 Å². The normalized spacial score (nSPS) is 12.6. The Balaban J connectivity index is 2.68. The Morgan fingerprint density at radius 1 is 1.45 bits per heavy atom. The number of carbonyl (C=O) groups is 1. The number of anilines is 1. The summed E-state index contributed by atoms with van der Waals surface area (Å²) in [4.78, 5) is 12.0. The molecule has 0 aliphatic heterocycles. The molecule has 0 aliphatic carbocycles. The number of amides is 1. The molecule has 0 aromatic heterocycles. The van der Waals surface area contributed by atoms with Gasteiger partial charge in [0.05, 0.1) is 4.47 Å². The molecule has 1 atom stereocenters. The second-order valence-electron chi connectivity index (χ2n) is 5.56. The van der Waals surface area contributed by atoms with Crippen LogP contribution in [0.3, 0.4) is 0 Å². The van der Waals surface area contributed by atoms with Crippen molar-refractivity contribution in [1.29, 1.82) is 0 Å². The number of hydrogen-bond acceptors (Lipinski definition) is 2. The summed E-state index contributed by atoms with van der Waals surface area (Å²) in [6.45, 7) is 6.53. The van der Waals surface area contributed by atoms with E-state index >= 15 is 0 Å². The molecule has 0 fully saturated rings. The molecule has 112 valence electrons. The summed E-state index contributed by atoms with van der Waals surface area (Å²) >= 11 is 3.12. The van der Waals surface area contributed by atoms with E-state index < -0.39 is 0 Å². The molecule has 5 heteroatoms. The topological polar surface area (TPSA) is 55.1 Å². The number of rotatable bonds is 6. The molecule has 1 amide bonds. The molecular formula is C15H22BrFN2O. The van der Waals surface area contributed by atoms with Gasteiger partial charge in [0.25, 0.3) is 0 Å². The minimum absolute atomic E-state index is 0.120. The first-order chi connectivity index (χ1) is 9.33. The summed E-state index contributed by atoms with van der Waals surface area (Å²) in [5, 5.41) is 2.76. The van der Waals surface area contributed by atoms with E-state index in [1.165, 1.54) is 6.07 Å². The largest absolute Gasteiger partial charge is 0.330 e. The molecule has 0 aliphatic rings. The summed E-state index contributed by atoms with van der Waals surface area (Å²) < 4.78 is 13.9. The molecule has 1 aromatic carbocycles. The van der Waals surface area contributed by atoms with E-state index in [0.717, 1.165) is 12.0 Å². The Morgan fingerprint density at radius 3 is 2.65 bits per heavy atom. The molecule has 0 heterocycles. The van der Waals surface area contributed by atoms with Gasteiger partial charge in [0.2, 0.25) is 5.91 Å². The molecule has 0 saturated carbocycles. The van der Waals surface area contributed by atoms with Gasteiger partial charge in [-0.25, -0.2) is 4.39 Å². The maximum atomic E-state index is 13.5. The van der Waals surface area contributed by atoms with E-state index in [-0.39, 0.29) is 17.6 Å². The van der Waals surface area contributed by atoms with Crippen molar-refractivity contribution in [3.05, 3.63) is 28.0 Å². The number of aryl methyl sites for hydroxylation is 1. The second kappa shape index (κ2) is 7.74. The Labute approximate surface area is 128 Å². The maximum Gasteiger partial charge on any atom is 0.224 e. The third kappa shape index (κ3) is 5.21. The summed E-state index contributed by atoms with van der Waals surface area (Å²) in [6, 6.07) is 2.98. The standard InChI is InChI=1S/C15H22BrFN2O/c1-9(2)4-11(8-18)6-15(20)19-14-7-13(17)12(16)5-10(14)3/h5,7,9,11H,4,6,8,18H2,1-3H3,(H,19,20)/t11-/m0/s1. The zero-order valence-electron chi connectivity index (χ0n) is 12.2. The summed E-state index contributed by atoms with van der Waals surface area (Å²) in [6.07, 6.45) is 1.28. The zero-order valence-corrected chi connectivity index (χ0v) is 13.8. The monoisotopic (exact) mass is 344 g/mol. The maximum absolute atomic E-state index is 13.5. The molecular weight excluding hydrogens is 323 g/mol. The van der Waals surface area contributed by atoms with Gasteiger partial charge in [-0.2, -0.15) is 0 Å². The van der Waals surface area contributed by atoms with Crippen molar-refractivity contribution >= 4 is 27.5 Å². The smallest absolute Gasteiger partial charge is 0.224 e. The first kappa shape index (κ1) is 17.1. The van der Waals surface area contributed by atoms with Gasteiger partial charge in [0, 0.05) is 12.1 Å². The minimum Gasteiger partial charge on any atom is -0.330 e. The van der Waals surface area contributed by atoms with Gasteiger partial charge in [0.1, 0.15) is 5.82 Å². The van der Waals surface area contributed by atoms with Crippen LogP contribution in [-0.4, -0.2) is 12.5 Å². The van der Waals surface area contributed by atoms with Crippen LogP contribution in [-0.2, 0) is 4.79 Å². The molecule has 1 rings (SSSR count). The molecule has 0 unspecified atom stereocenters. The number of nitrogens with two attached hydrogens (primary N) is 1. The van der Waals surface area contributed by atoms with Crippen LogP contribution >= 0.6 is 15.9 Å². The molecule has 1 aromatic rings. The molecule has 20 heavy (non-hydrogen) atoms. The highest BCUT2D eigenvalue weighted by Crippen LogP contribution is 2.24. The molecule has 0 saturated heterocycles. The lowest BCUT2D eigenvalue weighted by Crippen LogP contribution is -2.23. The quantitative estimate of drug-likeness (QED) is 0.823. The predicted molar refractivity (Wildman–Crippen MR) is 84.1 cm³/mol. The highest BCUT2D eigenvalue weighted by atomic mass is 79.9. The van der Waals surface area contributed by atoms with Gasteiger partial charge >= 0.3 is 0 Å². The Bertz CT molecular complexity index is 477. The number of carbonyl (C=O) groups excluding carboxylic acids is 1. The average molecular weight is 345 g/mol. The lowest BCUT2D eigenvalue weighted by atomic mass is 9.94. The van der Waals surface area contributed by atoms with E-state index in [9.17, 15) is 9.18 Å². The fraction of sp³-hybridized carbons (Fsp3) is 0.533. The van der Waals surface area contributed by atoms with Gasteiger partial charge in [-0.05, 0) is 65.4 Å². The Hall–Kier alpha value is -0.940. The zero-order chi connectivity index (χ0) is 15.3. The first-order valence-corrected chi connectivity index (χ1v) is 7.58. The number of benzene rings is 1. The van der Waals surface area contributed by atoms with Crippen molar-refractivity contribution in [3.8, 4) is 0 Å². The lowest BCUT2D eigenvalue weighted by Gasteiger charge is -2.17. The summed E-state index contributed by atoms with van der Waals surface area (Å²) in [7, 11) is 0. The molecule has 3 nitrogen and oxygen atoms in total. The van der Waals surface area contributed by atoms with Crippen molar-refractivity contribution in [1.82, 2.24) is 0 Å². The van der Waals surface area contributed by atoms with Crippen molar-refractivity contribution in [2.75, 3.05) is 11.9 Å². The highest BCUT2D eigenvalue weighted by molar-refractivity contribution is 9.10. The van der Waals surface area contributed by atoms with E-state index in [1.54, 1.807) is 6.07 Å². The Morgan fingerprint density at radius 2 is 2.10 bits per heavy atom. The lowest BCUT2D eigenvalue weighted by molar-refractivity contribution is -0.117. The number of nitrogens with one attached hydrogen (secondary N) is 1. The molecule has 0 bridgehead atoms. The van der Waals surface area contributed by atoms with Crippen LogP contribution in [0, 0.1) is 24.6 Å². The summed E-state index contributed by atoms with van der Waals surface area (Å²) in [5.41, 5.74) is 7.02. The van der Waals surface area contributed by atoms with Gasteiger partial charge in [0.15, 0.2) is 0 Å². The first-order valence-electron chi connectivity index (χ1n) is 6.79. The van der Waals surface area contributed by atoms with Crippen molar-refractivity contribution < 1.29 is 9.18 Å². The second-order valence-corrected chi connectivity index (χ2v) is 6.42.